The third-order valence-corrected chi connectivity index (χ3v) is 9.14. The molecule has 1 N–H and O–H groups in total. The molecule has 8 unspecified atom stereocenters. The van der Waals surface area contributed by atoms with E-state index in [9.17, 15) is 14.7 Å². The molecule has 0 radical (unpaired) electrons. The normalized spacial score (nSPS) is 45.4. The minimum absolute atomic E-state index is 0.0332. The van der Waals surface area contributed by atoms with Crippen molar-refractivity contribution in [1.82, 2.24) is 4.90 Å². The number of para-hydroxylation sites is 1. The molecule has 1 spiro atoms. The summed E-state index contributed by atoms with van der Waals surface area (Å²) < 4.78 is 18.1. The molecule has 5 aliphatic rings. The van der Waals surface area contributed by atoms with Gasteiger partial charge in [0.15, 0.2) is 6.10 Å². The van der Waals surface area contributed by atoms with Gasteiger partial charge in [0, 0.05) is 37.7 Å². The number of ether oxygens (including phenoxy) is 3. The van der Waals surface area contributed by atoms with Gasteiger partial charge in [-0.3, -0.25) is 9.69 Å². The van der Waals surface area contributed by atoms with Gasteiger partial charge < -0.3 is 24.2 Å². The fourth-order valence-corrected chi connectivity index (χ4v) is 8.56. The average molecular weight is 443 g/mol. The third kappa shape index (κ3) is 1.90. The van der Waals surface area contributed by atoms with Crippen molar-refractivity contribution in [2.45, 2.75) is 68.1 Å². The summed E-state index contributed by atoms with van der Waals surface area (Å²) in [5, 5.41) is 11.2. The van der Waals surface area contributed by atoms with Gasteiger partial charge >= 0.3 is 11.9 Å². The topological polar surface area (TPSA) is 88.5 Å². The number of carbonyl (C=O) groups excluding carboxylic acids is 2. The van der Waals surface area contributed by atoms with E-state index >= 15 is 0 Å². The Morgan fingerprint density at radius 1 is 1.28 bits per heavy atom. The molecule has 8 heteroatoms. The van der Waals surface area contributed by atoms with Crippen molar-refractivity contribution < 1.29 is 28.9 Å². The number of aliphatic hydroxyl groups is 1. The van der Waals surface area contributed by atoms with Gasteiger partial charge in [-0.1, -0.05) is 25.1 Å². The highest BCUT2D eigenvalue weighted by molar-refractivity contribution is 5.87. The minimum Gasteiger partial charge on any atom is -0.467 e. The van der Waals surface area contributed by atoms with E-state index in [-0.39, 0.29) is 6.04 Å². The van der Waals surface area contributed by atoms with E-state index in [0.717, 1.165) is 18.7 Å². The smallest absolute Gasteiger partial charge is 0.344 e. The van der Waals surface area contributed by atoms with E-state index in [2.05, 4.69) is 21.9 Å². The number of hydrogen-bond acceptors (Lipinski definition) is 8. The predicted molar refractivity (Wildman–Crippen MR) is 114 cm³/mol. The summed E-state index contributed by atoms with van der Waals surface area (Å²) >= 11 is 0. The fourth-order valence-electron chi connectivity index (χ4n) is 8.56. The van der Waals surface area contributed by atoms with Gasteiger partial charge in [0.25, 0.3) is 0 Å². The number of hydrogen-bond donors (Lipinski definition) is 1. The van der Waals surface area contributed by atoms with Gasteiger partial charge in [-0.25, -0.2) is 4.79 Å². The molecule has 8 atom stereocenters. The first-order valence-electron chi connectivity index (χ1n) is 11.5. The van der Waals surface area contributed by atoms with E-state index in [1.807, 2.05) is 26.1 Å². The highest BCUT2D eigenvalue weighted by Gasteiger charge is 2.88. The van der Waals surface area contributed by atoms with E-state index < -0.39 is 52.7 Å². The van der Waals surface area contributed by atoms with E-state index in [1.54, 1.807) is 0 Å². The van der Waals surface area contributed by atoms with Crippen molar-refractivity contribution in [1.29, 1.82) is 0 Å². The lowest BCUT2D eigenvalue weighted by molar-refractivity contribution is -0.199. The van der Waals surface area contributed by atoms with Crippen LogP contribution in [-0.4, -0.2) is 85.2 Å². The van der Waals surface area contributed by atoms with Gasteiger partial charge in [0.1, 0.15) is 0 Å². The monoisotopic (exact) mass is 442 g/mol. The molecule has 1 saturated carbocycles. The van der Waals surface area contributed by atoms with Crippen LogP contribution < -0.4 is 4.90 Å². The number of anilines is 1. The van der Waals surface area contributed by atoms with Gasteiger partial charge in [0.2, 0.25) is 5.60 Å². The number of methoxy groups -OCH3 is 1. The molecular weight excluding hydrogens is 412 g/mol. The number of rotatable bonds is 3. The van der Waals surface area contributed by atoms with E-state index in [1.165, 1.54) is 19.6 Å². The van der Waals surface area contributed by atoms with Crippen LogP contribution in [0.3, 0.4) is 0 Å². The summed E-state index contributed by atoms with van der Waals surface area (Å²) in [4.78, 5) is 30.6. The Morgan fingerprint density at radius 2 is 2.03 bits per heavy atom. The van der Waals surface area contributed by atoms with Gasteiger partial charge in [-0.2, -0.15) is 0 Å². The number of benzene rings is 1. The predicted octanol–water partition coefficient (Wildman–Crippen LogP) is 0.844. The molecule has 1 aromatic carbocycles. The minimum atomic E-state index is -1.54. The molecule has 1 aromatic rings. The van der Waals surface area contributed by atoms with E-state index in [4.69, 9.17) is 14.2 Å². The number of piperidine rings is 1. The summed E-state index contributed by atoms with van der Waals surface area (Å²) in [5.74, 6) is -1.00. The highest BCUT2D eigenvalue weighted by Crippen LogP contribution is 2.72. The molecule has 32 heavy (non-hydrogen) atoms. The second-order valence-corrected chi connectivity index (χ2v) is 10.1. The standard InChI is InChI=1S/C24H30N2O6/c1-5-22-17-16(28)12-26-11-10-23(18(22)26)14-8-6-7-9-15(14)25(3)19(23)24(32-17,21(29)30-4)20(22)31-13(2)27/h6-9,16-20,28H,5,10-12H2,1-4H3. The molecule has 2 bridgehead atoms. The zero-order valence-electron chi connectivity index (χ0n) is 18.9. The summed E-state index contributed by atoms with van der Waals surface area (Å²) in [7, 11) is 3.33. The Bertz CT molecular complexity index is 1020. The number of nitrogens with zero attached hydrogens (tertiary/aromatic N) is 2. The van der Waals surface area contributed by atoms with Crippen LogP contribution >= 0.6 is 0 Å². The van der Waals surface area contributed by atoms with Crippen molar-refractivity contribution in [2.24, 2.45) is 5.41 Å². The summed E-state index contributed by atoms with van der Waals surface area (Å²) in [6.07, 6.45) is -0.832. The third-order valence-electron chi connectivity index (χ3n) is 9.14. The summed E-state index contributed by atoms with van der Waals surface area (Å²) in [5.41, 5.74) is -0.404. The van der Waals surface area contributed by atoms with Crippen LogP contribution in [0.1, 0.15) is 32.3 Å². The van der Waals surface area contributed by atoms with Gasteiger partial charge in [-0.05, 0) is 31.0 Å². The van der Waals surface area contributed by atoms with Crippen LogP contribution in [0.25, 0.3) is 0 Å². The molecule has 6 rings (SSSR count). The molecule has 172 valence electrons. The number of fused-ring (bicyclic) bond motifs is 3. The molecule has 8 nitrogen and oxygen atoms in total. The van der Waals surface area contributed by atoms with Gasteiger partial charge in [-0.15, -0.1) is 0 Å². The molecule has 1 aliphatic carbocycles. The number of aliphatic hydroxyl groups excluding tert-OH is 1. The molecule has 4 aliphatic heterocycles. The second-order valence-electron chi connectivity index (χ2n) is 10.1. The Hall–Kier alpha value is -2.16. The molecular formula is C24H30N2O6. The zero-order valence-corrected chi connectivity index (χ0v) is 18.9. The lowest BCUT2D eigenvalue weighted by atomic mass is 9.47. The maximum absolute atomic E-state index is 13.7. The second kappa shape index (κ2) is 6.24. The lowest BCUT2D eigenvalue weighted by Crippen LogP contribution is -2.79. The molecule has 3 saturated heterocycles. The Labute approximate surface area is 187 Å². The fraction of sp³-hybridized carbons (Fsp3) is 0.667. The van der Waals surface area contributed by atoms with Crippen LogP contribution in [-0.2, 0) is 29.2 Å². The summed E-state index contributed by atoms with van der Waals surface area (Å²) in [6.45, 7) is 4.69. The summed E-state index contributed by atoms with van der Waals surface area (Å²) in [6, 6.07) is 7.84. The van der Waals surface area contributed by atoms with Crippen LogP contribution in [0.5, 0.6) is 0 Å². The zero-order chi connectivity index (χ0) is 22.6. The largest absolute Gasteiger partial charge is 0.467 e. The van der Waals surface area contributed by atoms with Crippen molar-refractivity contribution in [3.8, 4) is 0 Å². The number of carbonyl (C=O) groups is 2. The van der Waals surface area contributed by atoms with Crippen molar-refractivity contribution in [2.75, 3.05) is 32.1 Å². The molecule has 4 fully saturated rings. The van der Waals surface area contributed by atoms with Crippen LogP contribution in [0, 0.1) is 5.41 Å². The van der Waals surface area contributed by atoms with Crippen LogP contribution in [0.2, 0.25) is 0 Å². The average Bonchev–Trinajstić information content (AvgIpc) is 3.36. The maximum atomic E-state index is 13.7. The van der Waals surface area contributed by atoms with Gasteiger partial charge in [0.05, 0.1) is 30.8 Å². The Morgan fingerprint density at radius 3 is 2.72 bits per heavy atom. The maximum Gasteiger partial charge on any atom is 0.344 e. The molecule has 0 amide bonds. The number of esters is 2. The van der Waals surface area contributed by atoms with Crippen LogP contribution in [0.4, 0.5) is 5.69 Å². The van der Waals surface area contributed by atoms with Crippen molar-refractivity contribution in [3.63, 3.8) is 0 Å². The first-order valence-corrected chi connectivity index (χ1v) is 11.5. The Balaban J connectivity index is 1.72. The van der Waals surface area contributed by atoms with Crippen molar-refractivity contribution >= 4 is 17.6 Å². The first kappa shape index (κ1) is 20.4. The highest BCUT2D eigenvalue weighted by atomic mass is 16.6. The lowest BCUT2D eigenvalue weighted by Gasteiger charge is -2.61. The van der Waals surface area contributed by atoms with Crippen molar-refractivity contribution in [3.05, 3.63) is 29.8 Å². The number of likely N-dealkylation sites (N-methyl/N-ethyl adjacent to an activating group) is 1. The quantitative estimate of drug-likeness (QED) is 0.690. The molecule has 0 aromatic heterocycles. The first-order chi connectivity index (χ1) is 15.3. The Kier molecular flexibility index (Phi) is 3.99. The van der Waals surface area contributed by atoms with Crippen LogP contribution in [0.15, 0.2) is 24.3 Å². The van der Waals surface area contributed by atoms with E-state index in [0.29, 0.717) is 13.0 Å². The molecule has 4 heterocycles. The SMILES string of the molecule is CCC12C3OC(C(=O)OC)(C4N(C)c5ccccc5C45CCN(CC3O)C51)C2OC(C)=O.